The molecule has 0 N–H and O–H groups in total. The molecule has 7 aromatic carbocycles. The molecule has 0 aliphatic carbocycles. The number of halogens is 2. The second kappa shape index (κ2) is 10.4. The van der Waals surface area contributed by atoms with Gasteiger partial charge in [0, 0.05) is 27.2 Å². The van der Waals surface area contributed by atoms with Crippen molar-refractivity contribution in [1.29, 1.82) is 0 Å². The van der Waals surface area contributed by atoms with Crippen LogP contribution >= 0.6 is 34.3 Å². The minimum absolute atomic E-state index is 0.188. The molecule has 0 spiro atoms. The molecule has 0 saturated carbocycles. The highest BCUT2D eigenvalue weighted by atomic mass is 35.5. The molecule has 0 bridgehead atoms. The number of hydrogen-bond donors (Lipinski definition) is 0. The molecular weight excluding hydrogens is 613 g/mol. The van der Waals surface area contributed by atoms with Crippen molar-refractivity contribution < 1.29 is 4.39 Å². The maximum absolute atomic E-state index is 15.1. The van der Waals surface area contributed by atoms with Crippen molar-refractivity contribution in [3.63, 3.8) is 0 Å². The van der Waals surface area contributed by atoms with Crippen LogP contribution in [0.2, 0.25) is 5.02 Å². The van der Waals surface area contributed by atoms with Gasteiger partial charge in [0.2, 0.25) is 0 Å². The molecule has 9 rings (SSSR count). The smallest absolute Gasteiger partial charge is 0.141 e. The van der Waals surface area contributed by atoms with Gasteiger partial charge in [0.05, 0.1) is 35.2 Å². The van der Waals surface area contributed by atoms with Gasteiger partial charge in [0.25, 0.3) is 0 Å². The highest BCUT2D eigenvalue weighted by Crippen LogP contribution is 2.50. The summed E-state index contributed by atoms with van der Waals surface area (Å²) in [6.45, 7) is 0. The van der Waals surface area contributed by atoms with Gasteiger partial charge in [-0.25, -0.2) is 4.39 Å². The predicted octanol–water partition coefficient (Wildman–Crippen LogP) is 13.5. The molecule has 2 heterocycles. The van der Waals surface area contributed by atoms with E-state index in [2.05, 4.69) is 114 Å². The predicted molar refractivity (Wildman–Crippen MR) is 195 cm³/mol. The Morgan fingerprint density at radius 2 is 1.00 bits per heavy atom. The van der Waals surface area contributed by atoms with Crippen LogP contribution in [0.3, 0.4) is 0 Å². The second-order valence-electron chi connectivity index (χ2n) is 11.2. The fourth-order valence-electron chi connectivity index (χ4n) is 6.57. The third-order valence-corrected chi connectivity index (χ3v) is 11.6. The first-order valence-corrected chi connectivity index (χ1v) is 16.7. The Morgan fingerprint density at radius 3 is 1.73 bits per heavy atom. The zero-order chi connectivity index (χ0) is 30.1. The van der Waals surface area contributed by atoms with Crippen LogP contribution < -0.4 is 4.90 Å². The molecule has 0 aliphatic heterocycles. The first kappa shape index (κ1) is 26.6. The van der Waals surface area contributed by atoms with E-state index in [1.54, 1.807) is 23.5 Å². The second-order valence-corrected chi connectivity index (χ2v) is 13.6. The average Bonchev–Trinajstić information content (AvgIpc) is 3.67. The summed E-state index contributed by atoms with van der Waals surface area (Å²) in [4.78, 5) is 2.33. The van der Waals surface area contributed by atoms with Crippen molar-refractivity contribution in [2.45, 2.75) is 0 Å². The number of benzene rings is 7. The molecule has 0 fully saturated rings. The summed E-state index contributed by atoms with van der Waals surface area (Å²) in [7, 11) is 0. The van der Waals surface area contributed by atoms with Crippen LogP contribution in [0, 0.1) is 5.82 Å². The highest BCUT2D eigenvalue weighted by Gasteiger charge is 2.22. The molecule has 214 valence electrons. The molecule has 5 heteroatoms. The van der Waals surface area contributed by atoms with Gasteiger partial charge in [-0.3, -0.25) is 0 Å². The number of rotatable bonds is 4. The summed E-state index contributed by atoms with van der Waals surface area (Å²) in [6, 6.07) is 48.0. The molecule has 0 saturated heterocycles. The number of hydrogen-bond acceptors (Lipinski definition) is 3. The topological polar surface area (TPSA) is 3.24 Å². The van der Waals surface area contributed by atoms with Crippen LogP contribution in [0.4, 0.5) is 21.5 Å². The van der Waals surface area contributed by atoms with Crippen molar-refractivity contribution in [3.8, 4) is 11.1 Å². The van der Waals surface area contributed by atoms with Crippen molar-refractivity contribution in [1.82, 2.24) is 0 Å². The van der Waals surface area contributed by atoms with E-state index in [4.69, 9.17) is 11.6 Å². The van der Waals surface area contributed by atoms with Crippen LogP contribution in [0.15, 0.2) is 140 Å². The average molecular weight is 636 g/mol. The molecule has 0 atom stereocenters. The van der Waals surface area contributed by atoms with Gasteiger partial charge in [-0.1, -0.05) is 115 Å². The fraction of sp³-hybridized carbons (Fsp3) is 0. The summed E-state index contributed by atoms with van der Waals surface area (Å²) in [6.07, 6.45) is 0. The lowest BCUT2D eigenvalue weighted by Crippen LogP contribution is -2.10. The van der Waals surface area contributed by atoms with Crippen LogP contribution in [-0.4, -0.2) is 0 Å². The number of thiophene rings is 2. The van der Waals surface area contributed by atoms with Gasteiger partial charge >= 0.3 is 0 Å². The van der Waals surface area contributed by atoms with Crippen LogP contribution in [0.25, 0.3) is 62.2 Å². The number of anilines is 3. The van der Waals surface area contributed by atoms with Gasteiger partial charge in [0.15, 0.2) is 0 Å². The summed E-state index contributed by atoms with van der Waals surface area (Å²) >= 11 is 9.94. The monoisotopic (exact) mass is 635 g/mol. The molecular formula is C40H23ClFNS2. The van der Waals surface area contributed by atoms with E-state index in [9.17, 15) is 0 Å². The van der Waals surface area contributed by atoms with E-state index >= 15 is 4.39 Å². The standard InChI is InChI=1S/C40H23ClFNS2/c41-33-16-4-12-29-31-14-6-18-35(39(31)44-37(29)33)43(36-19-7-15-32-30-13-5-17-34(42)38(30)45-40(32)36)26-22-20-25(21-23-26)28-11-3-9-24-8-1-2-10-27(24)28/h1-23H. The lowest BCUT2D eigenvalue weighted by molar-refractivity contribution is 0.642. The van der Waals surface area contributed by atoms with Crippen molar-refractivity contribution >= 4 is 102 Å². The summed E-state index contributed by atoms with van der Waals surface area (Å²) in [5, 5.41) is 7.52. The Kier molecular flexibility index (Phi) is 6.17. The summed E-state index contributed by atoms with van der Waals surface area (Å²) in [5.41, 5.74) is 5.47. The third kappa shape index (κ3) is 4.17. The lowest BCUT2D eigenvalue weighted by Gasteiger charge is -2.27. The Labute approximate surface area is 272 Å². The molecule has 45 heavy (non-hydrogen) atoms. The first-order chi connectivity index (χ1) is 22.2. The Hall–Kier alpha value is -4.74. The van der Waals surface area contributed by atoms with E-state index in [0.29, 0.717) is 4.70 Å². The zero-order valence-corrected chi connectivity index (χ0v) is 26.2. The van der Waals surface area contributed by atoms with Crippen molar-refractivity contribution in [2.75, 3.05) is 4.90 Å². The van der Waals surface area contributed by atoms with E-state index in [1.165, 1.54) is 33.1 Å². The van der Waals surface area contributed by atoms with Gasteiger partial charge in [-0.2, -0.15) is 0 Å². The van der Waals surface area contributed by atoms with Gasteiger partial charge in [-0.05, 0) is 58.3 Å². The first-order valence-electron chi connectivity index (χ1n) is 14.7. The van der Waals surface area contributed by atoms with Crippen molar-refractivity contribution in [3.05, 3.63) is 150 Å². The minimum atomic E-state index is -0.188. The fourth-order valence-corrected chi connectivity index (χ4v) is 9.28. The molecule has 1 nitrogen and oxygen atoms in total. The molecule has 0 amide bonds. The number of fused-ring (bicyclic) bond motifs is 7. The maximum Gasteiger partial charge on any atom is 0.141 e. The SMILES string of the molecule is Fc1cccc2c1sc1c(N(c3ccc(-c4cccc5ccccc45)cc3)c3cccc4c3sc3c(Cl)cccc34)cccc12. The zero-order valence-electron chi connectivity index (χ0n) is 23.8. The molecule has 0 aliphatic rings. The molecule has 0 unspecified atom stereocenters. The number of nitrogens with zero attached hydrogens (tertiary/aromatic N) is 1. The summed E-state index contributed by atoms with van der Waals surface area (Å²) in [5.74, 6) is -0.188. The Balaban J connectivity index is 1.31. The third-order valence-electron chi connectivity index (χ3n) is 8.62. The Morgan fingerprint density at radius 1 is 0.467 bits per heavy atom. The van der Waals surface area contributed by atoms with Gasteiger partial charge in [-0.15, -0.1) is 22.7 Å². The normalized spacial score (nSPS) is 11.8. The van der Waals surface area contributed by atoms with E-state index in [1.807, 2.05) is 18.2 Å². The lowest BCUT2D eigenvalue weighted by atomic mass is 9.98. The highest BCUT2D eigenvalue weighted by molar-refractivity contribution is 7.27. The molecule has 0 radical (unpaired) electrons. The van der Waals surface area contributed by atoms with E-state index < -0.39 is 0 Å². The van der Waals surface area contributed by atoms with Crippen molar-refractivity contribution in [2.24, 2.45) is 0 Å². The van der Waals surface area contributed by atoms with Gasteiger partial charge < -0.3 is 4.90 Å². The Bertz CT molecular complexity index is 2460. The quantitative estimate of drug-likeness (QED) is 0.186. The summed E-state index contributed by atoms with van der Waals surface area (Å²) < 4.78 is 19.0. The van der Waals surface area contributed by atoms with Crippen LogP contribution in [-0.2, 0) is 0 Å². The van der Waals surface area contributed by atoms with E-state index in [-0.39, 0.29) is 5.82 Å². The van der Waals surface area contributed by atoms with E-state index in [0.717, 1.165) is 57.9 Å². The van der Waals surface area contributed by atoms with Gasteiger partial charge in [0.1, 0.15) is 5.82 Å². The van der Waals surface area contributed by atoms with Crippen LogP contribution in [0.5, 0.6) is 0 Å². The van der Waals surface area contributed by atoms with Crippen LogP contribution in [0.1, 0.15) is 0 Å². The molecule has 2 aromatic heterocycles. The molecule has 9 aromatic rings. The largest absolute Gasteiger partial charge is 0.308 e. The maximum atomic E-state index is 15.1. The minimum Gasteiger partial charge on any atom is -0.308 e.